The van der Waals surface area contributed by atoms with Crippen LogP contribution in [0.5, 0.6) is 5.75 Å². The lowest BCUT2D eigenvalue weighted by Gasteiger charge is -2.05. The third-order valence-corrected chi connectivity index (χ3v) is 6.85. The highest BCUT2D eigenvalue weighted by molar-refractivity contribution is 7.17. The minimum Gasteiger partial charge on any atom is -0.497 e. The van der Waals surface area contributed by atoms with Crippen LogP contribution in [0.15, 0.2) is 66.3 Å². The number of fused-ring (bicyclic) bond motifs is 1. The van der Waals surface area contributed by atoms with Gasteiger partial charge in [0.25, 0.3) is 5.91 Å². The molecule has 0 saturated carbocycles. The maximum atomic E-state index is 12.8. The van der Waals surface area contributed by atoms with Crippen molar-refractivity contribution in [2.75, 3.05) is 12.4 Å². The first-order chi connectivity index (χ1) is 15.1. The van der Waals surface area contributed by atoms with E-state index in [-0.39, 0.29) is 5.91 Å². The lowest BCUT2D eigenvalue weighted by Crippen LogP contribution is -2.11. The van der Waals surface area contributed by atoms with Crippen molar-refractivity contribution in [3.63, 3.8) is 0 Å². The maximum Gasteiger partial charge on any atom is 0.267 e. The number of benzene rings is 2. The summed E-state index contributed by atoms with van der Waals surface area (Å²) < 4.78 is 7.20. The zero-order valence-electron chi connectivity index (χ0n) is 16.8. The number of nitrogens with zero attached hydrogens (tertiary/aromatic N) is 3. The molecule has 0 unspecified atom stereocenters. The predicted octanol–water partition coefficient (Wildman–Crippen LogP) is 5.76. The van der Waals surface area contributed by atoms with Crippen LogP contribution in [0.25, 0.3) is 26.8 Å². The second-order valence-electron chi connectivity index (χ2n) is 6.91. The zero-order chi connectivity index (χ0) is 21.4. The van der Waals surface area contributed by atoms with E-state index in [1.54, 1.807) is 18.4 Å². The molecule has 0 aliphatic rings. The number of rotatable bonds is 5. The van der Waals surface area contributed by atoms with Crippen molar-refractivity contribution < 1.29 is 9.53 Å². The Morgan fingerprint density at radius 2 is 1.77 bits per heavy atom. The van der Waals surface area contributed by atoms with Gasteiger partial charge in [-0.2, -0.15) is 0 Å². The summed E-state index contributed by atoms with van der Waals surface area (Å²) in [5.74, 6) is 0.624. The topological polar surface area (TPSA) is 68.5 Å². The van der Waals surface area contributed by atoms with E-state index < -0.39 is 0 Å². The molecule has 3 aromatic heterocycles. The van der Waals surface area contributed by atoms with Gasteiger partial charge in [-0.1, -0.05) is 12.1 Å². The number of carbonyl (C=O) groups is 1. The number of anilines is 1. The summed E-state index contributed by atoms with van der Waals surface area (Å²) >= 11 is 2.98. The molecule has 0 atom stereocenters. The predicted molar refractivity (Wildman–Crippen MR) is 125 cm³/mol. The smallest absolute Gasteiger partial charge is 0.267 e. The Bertz CT molecular complexity index is 1340. The van der Waals surface area contributed by atoms with E-state index in [4.69, 9.17) is 4.74 Å². The summed E-state index contributed by atoms with van der Waals surface area (Å²) in [7, 11) is 1.63. The fourth-order valence-corrected chi connectivity index (χ4v) is 4.91. The molecule has 0 aliphatic carbocycles. The van der Waals surface area contributed by atoms with Crippen molar-refractivity contribution in [3.05, 3.63) is 76.9 Å². The number of carbonyl (C=O) groups excluding carboxylic acids is 1. The summed E-state index contributed by atoms with van der Waals surface area (Å²) in [5.41, 5.74) is 4.31. The lowest BCUT2D eigenvalue weighted by molar-refractivity contribution is 0.103. The first kappa shape index (κ1) is 19.5. The largest absolute Gasteiger partial charge is 0.497 e. The number of thiazole rings is 2. The zero-order valence-corrected chi connectivity index (χ0v) is 18.5. The number of nitrogens with one attached hydrogen (secondary N) is 1. The standard InChI is InChI=1S/C23H18N4O2S2/c1-14-20(31-22(24-14)16-5-9-18(29-2)10-6-16)21(28)25-17-7-3-15(4-8-17)19-13-27-11-12-30-23(27)26-19/h3-13H,1-2H3,(H,25,28). The number of hydrogen-bond acceptors (Lipinski definition) is 6. The molecule has 1 N–H and O–H groups in total. The van der Waals surface area contributed by atoms with Gasteiger partial charge < -0.3 is 10.1 Å². The fraction of sp³-hybridized carbons (Fsp3) is 0.0870. The Balaban J connectivity index is 1.32. The summed E-state index contributed by atoms with van der Waals surface area (Å²) in [6, 6.07) is 15.4. The van der Waals surface area contributed by atoms with Crippen molar-refractivity contribution in [3.8, 4) is 27.6 Å². The Morgan fingerprint density at radius 3 is 2.48 bits per heavy atom. The first-order valence-electron chi connectivity index (χ1n) is 9.56. The second-order valence-corrected chi connectivity index (χ2v) is 8.78. The van der Waals surface area contributed by atoms with Crippen LogP contribution in [0.4, 0.5) is 5.69 Å². The number of amides is 1. The quantitative estimate of drug-likeness (QED) is 0.373. The molecule has 6 nitrogen and oxygen atoms in total. The Kier molecular flexibility index (Phi) is 5.01. The van der Waals surface area contributed by atoms with Crippen LogP contribution < -0.4 is 10.1 Å². The highest BCUT2D eigenvalue weighted by atomic mass is 32.1. The van der Waals surface area contributed by atoms with Gasteiger partial charge in [0, 0.05) is 34.6 Å². The second kappa shape index (κ2) is 7.98. The van der Waals surface area contributed by atoms with E-state index in [9.17, 15) is 4.79 Å². The van der Waals surface area contributed by atoms with E-state index in [1.165, 1.54) is 11.3 Å². The summed E-state index contributed by atoms with van der Waals surface area (Å²) in [6.07, 6.45) is 3.99. The van der Waals surface area contributed by atoms with Gasteiger partial charge in [0.15, 0.2) is 4.96 Å². The molecule has 0 saturated heterocycles. The molecule has 0 aliphatic heterocycles. The van der Waals surface area contributed by atoms with E-state index in [0.29, 0.717) is 10.6 Å². The highest BCUT2D eigenvalue weighted by Gasteiger charge is 2.17. The van der Waals surface area contributed by atoms with Gasteiger partial charge in [-0.25, -0.2) is 9.97 Å². The van der Waals surface area contributed by atoms with Gasteiger partial charge in [-0.05, 0) is 43.3 Å². The van der Waals surface area contributed by atoms with Crippen molar-refractivity contribution in [2.24, 2.45) is 0 Å². The van der Waals surface area contributed by atoms with Gasteiger partial charge in [-0.15, -0.1) is 22.7 Å². The molecule has 2 aromatic carbocycles. The number of aromatic nitrogens is 3. The van der Waals surface area contributed by atoms with Crippen LogP contribution in [0, 0.1) is 6.92 Å². The minimum atomic E-state index is -0.162. The molecule has 31 heavy (non-hydrogen) atoms. The van der Waals surface area contributed by atoms with Crippen LogP contribution in [0.2, 0.25) is 0 Å². The number of ether oxygens (including phenoxy) is 1. The molecule has 1 amide bonds. The van der Waals surface area contributed by atoms with Crippen molar-refractivity contribution >= 4 is 39.2 Å². The molecular formula is C23H18N4O2S2. The molecule has 0 spiro atoms. The third kappa shape index (κ3) is 3.83. The monoisotopic (exact) mass is 446 g/mol. The van der Waals surface area contributed by atoms with Gasteiger partial charge in [0.2, 0.25) is 0 Å². The average Bonchev–Trinajstić information content (AvgIpc) is 3.49. The van der Waals surface area contributed by atoms with Crippen LogP contribution in [0.1, 0.15) is 15.4 Å². The molecule has 0 fully saturated rings. The maximum absolute atomic E-state index is 12.8. The molecule has 5 aromatic rings. The molecular weight excluding hydrogens is 428 g/mol. The normalized spacial score (nSPS) is 11.0. The van der Waals surface area contributed by atoms with Crippen molar-refractivity contribution in [2.45, 2.75) is 6.92 Å². The molecule has 8 heteroatoms. The minimum absolute atomic E-state index is 0.162. The number of aryl methyl sites for hydroxylation is 1. The Hall–Kier alpha value is -3.49. The molecule has 0 radical (unpaired) electrons. The first-order valence-corrected chi connectivity index (χ1v) is 11.3. The Morgan fingerprint density at radius 1 is 1.03 bits per heavy atom. The van der Waals surface area contributed by atoms with E-state index in [1.807, 2.05) is 77.6 Å². The van der Waals surface area contributed by atoms with Crippen molar-refractivity contribution in [1.29, 1.82) is 0 Å². The highest BCUT2D eigenvalue weighted by Crippen LogP contribution is 2.30. The van der Waals surface area contributed by atoms with Crippen LogP contribution in [0.3, 0.4) is 0 Å². The number of hydrogen-bond donors (Lipinski definition) is 1. The molecule has 5 rings (SSSR count). The van der Waals surface area contributed by atoms with E-state index in [2.05, 4.69) is 15.3 Å². The molecule has 154 valence electrons. The fourth-order valence-electron chi connectivity index (χ4n) is 3.24. The summed E-state index contributed by atoms with van der Waals surface area (Å²) in [5, 5.41) is 5.78. The summed E-state index contributed by atoms with van der Waals surface area (Å²) in [6.45, 7) is 1.85. The van der Waals surface area contributed by atoms with E-state index in [0.717, 1.165) is 38.2 Å². The van der Waals surface area contributed by atoms with Crippen LogP contribution >= 0.6 is 22.7 Å². The summed E-state index contributed by atoms with van der Waals surface area (Å²) in [4.78, 5) is 23.6. The third-order valence-electron chi connectivity index (χ3n) is 4.87. The van der Waals surface area contributed by atoms with Crippen LogP contribution in [-0.2, 0) is 0 Å². The average molecular weight is 447 g/mol. The Labute approximate surface area is 186 Å². The van der Waals surface area contributed by atoms with Crippen molar-refractivity contribution in [1.82, 2.24) is 14.4 Å². The molecule has 0 bridgehead atoms. The SMILES string of the molecule is COc1ccc(-c2nc(C)c(C(=O)Nc3ccc(-c4cn5ccsc5n4)cc3)s2)cc1. The van der Waals surface area contributed by atoms with Crippen LogP contribution in [-0.4, -0.2) is 27.4 Å². The number of methoxy groups -OCH3 is 1. The van der Waals surface area contributed by atoms with Gasteiger partial charge in [0.05, 0.1) is 18.5 Å². The number of imidazole rings is 1. The van der Waals surface area contributed by atoms with Gasteiger partial charge in [0.1, 0.15) is 15.6 Å². The van der Waals surface area contributed by atoms with E-state index >= 15 is 0 Å². The lowest BCUT2D eigenvalue weighted by atomic mass is 10.1. The molecule has 3 heterocycles. The van der Waals surface area contributed by atoms with Gasteiger partial charge in [-0.3, -0.25) is 9.20 Å². The van der Waals surface area contributed by atoms with Gasteiger partial charge >= 0.3 is 0 Å².